The lowest BCUT2D eigenvalue weighted by Crippen LogP contribution is -2.30. The Bertz CT molecular complexity index is 492. The average Bonchev–Trinajstić information content (AvgIpc) is 2.26. The maximum Gasteiger partial charge on any atom is 0.323 e. The first kappa shape index (κ1) is 15.4. The predicted molar refractivity (Wildman–Crippen MR) is 78.5 cm³/mol. The summed E-state index contributed by atoms with van der Waals surface area (Å²) >= 11 is 5.82. The van der Waals surface area contributed by atoms with E-state index in [-0.39, 0.29) is 12.0 Å². The van der Waals surface area contributed by atoms with Crippen LogP contribution in [0.15, 0.2) is 24.3 Å². The molecule has 1 N–H and O–H groups in total. The largest absolute Gasteiger partial charge is 0.480 e. The van der Waals surface area contributed by atoms with Gasteiger partial charge in [-0.25, -0.2) is 0 Å². The molecule has 0 fully saturated rings. The molecule has 0 bridgehead atoms. The molecule has 0 aliphatic rings. The van der Waals surface area contributed by atoms with Gasteiger partial charge in [-0.05, 0) is 45.0 Å². The van der Waals surface area contributed by atoms with Crippen molar-refractivity contribution in [2.75, 3.05) is 18.0 Å². The summed E-state index contributed by atoms with van der Waals surface area (Å²) in [6.45, 7) is 6.35. The molecule has 0 aromatic heterocycles. The Kier molecular flexibility index (Phi) is 5.26. The van der Waals surface area contributed by atoms with Gasteiger partial charge in [-0.2, -0.15) is 0 Å². The molecule has 1 aromatic rings. The van der Waals surface area contributed by atoms with Crippen LogP contribution in [0.25, 0.3) is 0 Å². The molecule has 102 valence electrons. The normalized spacial score (nSPS) is 10.5. The van der Waals surface area contributed by atoms with Gasteiger partial charge >= 0.3 is 5.97 Å². The van der Waals surface area contributed by atoms with Gasteiger partial charge < -0.3 is 10.0 Å². The number of carboxylic acids is 1. The van der Waals surface area contributed by atoms with Gasteiger partial charge in [0.25, 0.3) is 0 Å². The first-order chi connectivity index (χ1) is 8.78. The minimum atomic E-state index is -0.882. The van der Waals surface area contributed by atoms with Crippen molar-refractivity contribution in [3.63, 3.8) is 0 Å². The van der Waals surface area contributed by atoms with Gasteiger partial charge in [-0.15, -0.1) is 0 Å². The molecule has 19 heavy (non-hydrogen) atoms. The molecule has 0 atom stereocenters. The van der Waals surface area contributed by atoms with Crippen LogP contribution in [0.1, 0.15) is 20.8 Å². The van der Waals surface area contributed by atoms with Gasteiger partial charge in [-0.1, -0.05) is 23.4 Å². The molecule has 0 spiro atoms. The Hall–Kier alpha value is -1.66. The fourth-order valence-electron chi connectivity index (χ4n) is 1.45. The summed E-state index contributed by atoms with van der Waals surface area (Å²) in [5.74, 6) is 5.24. The molecular formula is C15H18ClNO2. The Morgan fingerprint density at radius 3 is 2.37 bits per heavy atom. The number of benzene rings is 1. The van der Waals surface area contributed by atoms with Crippen molar-refractivity contribution in [2.45, 2.75) is 20.8 Å². The van der Waals surface area contributed by atoms with E-state index in [0.717, 1.165) is 5.69 Å². The average molecular weight is 280 g/mol. The van der Waals surface area contributed by atoms with Gasteiger partial charge in [0.1, 0.15) is 6.54 Å². The van der Waals surface area contributed by atoms with Crippen molar-refractivity contribution in [1.82, 2.24) is 0 Å². The summed E-state index contributed by atoms with van der Waals surface area (Å²) in [6, 6.07) is 7.07. The van der Waals surface area contributed by atoms with Gasteiger partial charge in [-0.3, -0.25) is 4.79 Å². The fraction of sp³-hybridized carbons (Fsp3) is 0.400. The summed E-state index contributed by atoms with van der Waals surface area (Å²) in [7, 11) is 0. The van der Waals surface area contributed by atoms with E-state index in [2.05, 4.69) is 11.8 Å². The highest BCUT2D eigenvalue weighted by molar-refractivity contribution is 6.30. The van der Waals surface area contributed by atoms with E-state index in [9.17, 15) is 4.79 Å². The monoisotopic (exact) mass is 279 g/mol. The molecular weight excluding hydrogens is 262 g/mol. The van der Waals surface area contributed by atoms with Crippen LogP contribution >= 0.6 is 11.6 Å². The molecule has 0 heterocycles. The second-order valence-electron chi connectivity index (χ2n) is 5.28. The smallest absolute Gasteiger partial charge is 0.323 e. The third-order valence-corrected chi connectivity index (χ3v) is 2.50. The Morgan fingerprint density at radius 2 is 1.89 bits per heavy atom. The fourth-order valence-corrected chi connectivity index (χ4v) is 1.58. The van der Waals surface area contributed by atoms with Crippen LogP contribution in [0.5, 0.6) is 0 Å². The molecule has 0 unspecified atom stereocenters. The maximum atomic E-state index is 10.9. The molecule has 0 saturated heterocycles. The molecule has 0 aliphatic heterocycles. The summed E-state index contributed by atoms with van der Waals surface area (Å²) < 4.78 is 0. The van der Waals surface area contributed by atoms with Crippen molar-refractivity contribution in [2.24, 2.45) is 5.41 Å². The highest BCUT2D eigenvalue weighted by Crippen LogP contribution is 2.17. The third kappa shape index (κ3) is 6.17. The highest BCUT2D eigenvalue weighted by atomic mass is 35.5. The van der Waals surface area contributed by atoms with Crippen LogP contribution in [-0.4, -0.2) is 24.2 Å². The third-order valence-electron chi connectivity index (χ3n) is 2.25. The first-order valence-corrected chi connectivity index (χ1v) is 6.38. The van der Waals surface area contributed by atoms with Crippen LogP contribution in [-0.2, 0) is 4.79 Å². The van der Waals surface area contributed by atoms with Crippen LogP contribution in [0.2, 0.25) is 5.02 Å². The lowest BCUT2D eigenvalue weighted by molar-refractivity contribution is -0.135. The number of rotatable bonds is 4. The van der Waals surface area contributed by atoms with Crippen molar-refractivity contribution in [3.05, 3.63) is 29.3 Å². The SMILES string of the molecule is CC(C)(C)C#CCN(CC(=O)O)c1ccc(Cl)cc1. The number of carbonyl (C=O) groups is 1. The molecule has 1 rings (SSSR count). The number of hydrogen-bond acceptors (Lipinski definition) is 2. The van der Waals surface area contributed by atoms with E-state index >= 15 is 0 Å². The first-order valence-electron chi connectivity index (χ1n) is 6.00. The van der Waals surface area contributed by atoms with E-state index in [4.69, 9.17) is 16.7 Å². The zero-order chi connectivity index (χ0) is 14.5. The highest BCUT2D eigenvalue weighted by Gasteiger charge is 2.10. The van der Waals surface area contributed by atoms with Crippen LogP contribution in [0.4, 0.5) is 5.69 Å². The van der Waals surface area contributed by atoms with Gasteiger partial charge in [0.2, 0.25) is 0 Å². The number of halogens is 1. The van der Waals surface area contributed by atoms with Crippen molar-refractivity contribution < 1.29 is 9.90 Å². The summed E-state index contributed by atoms with van der Waals surface area (Å²) in [5.41, 5.74) is 0.713. The van der Waals surface area contributed by atoms with E-state index in [1.165, 1.54) is 0 Å². The number of anilines is 1. The maximum absolute atomic E-state index is 10.9. The molecule has 0 radical (unpaired) electrons. The molecule has 0 saturated carbocycles. The Morgan fingerprint density at radius 1 is 1.32 bits per heavy atom. The number of hydrogen-bond donors (Lipinski definition) is 1. The zero-order valence-corrected chi connectivity index (χ0v) is 12.2. The summed E-state index contributed by atoms with van der Waals surface area (Å²) in [5, 5.41) is 9.57. The zero-order valence-electron chi connectivity index (χ0n) is 11.4. The van der Waals surface area contributed by atoms with Crippen LogP contribution < -0.4 is 4.90 Å². The van der Waals surface area contributed by atoms with Gasteiger partial charge in [0, 0.05) is 16.1 Å². The minimum absolute atomic E-state index is 0.0829. The van der Waals surface area contributed by atoms with E-state index in [0.29, 0.717) is 11.6 Å². The van der Waals surface area contributed by atoms with Crippen LogP contribution in [0.3, 0.4) is 0 Å². The number of aliphatic carboxylic acids is 1. The van der Waals surface area contributed by atoms with Gasteiger partial charge in [0.15, 0.2) is 0 Å². The second kappa shape index (κ2) is 6.49. The molecule has 1 aromatic carbocycles. The van der Waals surface area contributed by atoms with Crippen molar-refractivity contribution in [3.8, 4) is 11.8 Å². The molecule has 0 amide bonds. The number of carboxylic acid groups (broad SMARTS) is 1. The summed E-state index contributed by atoms with van der Waals surface area (Å²) in [4.78, 5) is 12.6. The van der Waals surface area contributed by atoms with E-state index in [1.807, 2.05) is 20.8 Å². The van der Waals surface area contributed by atoms with Crippen molar-refractivity contribution >= 4 is 23.3 Å². The molecule has 4 heteroatoms. The minimum Gasteiger partial charge on any atom is -0.480 e. The van der Waals surface area contributed by atoms with E-state index < -0.39 is 5.97 Å². The Labute approximate surface area is 119 Å². The molecule has 3 nitrogen and oxygen atoms in total. The topological polar surface area (TPSA) is 40.5 Å². The standard InChI is InChI=1S/C15H18ClNO2/c1-15(2,3)9-4-10-17(11-14(18)19)13-7-5-12(16)6-8-13/h5-8H,10-11H2,1-3H3,(H,18,19). The lowest BCUT2D eigenvalue weighted by atomic mass is 9.98. The summed E-state index contributed by atoms with van der Waals surface area (Å²) in [6.07, 6.45) is 0. The Balaban J connectivity index is 2.85. The van der Waals surface area contributed by atoms with Crippen molar-refractivity contribution in [1.29, 1.82) is 0 Å². The molecule has 0 aliphatic carbocycles. The van der Waals surface area contributed by atoms with Gasteiger partial charge in [0.05, 0.1) is 6.54 Å². The second-order valence-corrected chi connectivity index (χ2v) is 5.71. The lowest BCUT2D eigenvalue weighted by Gasteiger charge is -2.20. The predicted octanol–water partition coefficient (Wildman–Crippen LogP) is 3.28. The number of nitrogens with zero attached hydrogens (tertiary/aromatic N) is 1. The quantitative estimate of drug-likeness (QED) is 0.860. The van der Waals surface area contributed by atoms with Crippen LogP contribution in [0, 0.1) is 17.3 Å². The van der Waals surface area contributed by atoms with E-state index in [1.54, 1.807) is 29.2 Å².